The third kappa shape index (κ3) is 4.59. The van der Waals surface area contributed by atoms with Crippen LogP contribution in [0, 0.1) is 11.3 Å². The summed E-state index contributed by atoms with van der Waals surface area (Å²) in [6.07, 6.45) is 0. The minimum absolute atomic E-state index is 0.0827. The van der Waals surface area contributed by atoms with Gasteiger partial charge in [-0.05, 0) is 48.0 Å². The molecule has 7 heteroatoms. The van der Waals surface area contributed by atoms with Crippen LogP contribution in [0.15, 0.2) is 102 Å². The lowest BCUT2D eigenvalue weighted by atomic mass is 10.0. The number of halogens is 1. The van der Waals surface area contributed by atoms with E-state index in [0.717, 1.165) is 11.1 Å². The molecule has 0 aliphatic carbocycles. The Bertz CT molecular complexity index is 1400. The second-order valence-corrected chi connectivity index (χ2v) is 8.90. The molecule has 0 aliphatic heterocycles. The fourth-order valence-corrected chi connectivity index (χ4v) is 4.44. The standard InChI is InChI=1S/C25H17ClN2O3S/c26-23-10-6-12-25(22(23)17-27)31-19-13-15-20(16-14-19)32(29,30)28-24-11-5-4-9-21(24)18-7-2-1-3-8-18/h1-16,28H. The van der Waals surface area contributed by atoms with Gasteiger partial charge in [-0.1, -0.05) is 66.2 Å². The van der Waals surface area contributed by atoms with Gasteiger partial charge in [0.15, 0.2) is 0 Å². The topological polar surface area (TPSA) is 79.2 Å². The molecule has 0 saturated carbocycles. The molecule has 32 heavy (non-hydrogen) atoms. The third-order valence-electron chi connectivity index (χ3n) is 4.71. The van der Waals surface area contributed by atoms with E-state index in [2.05, 4.69) is 4.72 Å². The van der Waals surface area contributed by atoms with E-state index in [1.165, 1.54) is 24.3 Å². The number of nitrogens with zero attached hydrogens (tertiary/aromatic N) is 1. The zero-order valence-electron chi connectivity index (χ0n) is 16.7. The molecule has 4 rings (SSSR count). The molecule has 0 aromatic heterocycles. The Morgan fingerprint density at radius 1 is 0.812 bits per heavy atom. The van der Waals surface area contributed by atoms with Crippen molar-refractivity contribution >= 4 is 27.3 Å². The zero-order chi connectivity index (χ0) is 22.6. The number of rotatable bonds is 6. The van der Waals surface area contributed by atoms with Crippen LogP contribution >= 0.6 is 11.6 Å². The van der Waals surface area contributed by atoms with Crippen LogP contribution in [0.25, 0.3) is 11.1 Å². The number of para-hydroxylation sites is 1. The van der Waals surface area contributed by atoms with Crippen molar-refractivity contribution in [3.63, 3.8) is 0 Å². The highest BCUT2D eigenvalue weighted by Crippen LogP contribution is 2.32. The molecular formula is C25H17ClN2O3S. The highest BCUT2D eigenvalue weighted by atomic mass is 35.5. The molecule has 5 nitrogen and oxygen atoms in total. The summed E-state index contributed by atoms with van der Waals surface area (Å²) in [5, 5.41) is 9.55. The van der Waals surface area contributed by atoms with Gasteiger partial charge < -0.3 is 4.74 Å². The van der Waals surface area contributed by atoms with Gasteiger partial charge in [0.1, 0.15) is 23.1 Å². The average Bonchev–Trinajstić information content (AvgIpc) is 2.80. The van der Waals surface area contributed by atoms with Gasteiger partial charge in [0.25, 0.3) is 10.0 Å². The zero-order valence-corrected chi connectivity index (χ0v) is 18.3. The molecule has 4 aromatic rings. The molecule has 0 unspecified atom stereocenters. The van der Waals surface area contributed by atoms with Crippen molar-refractivity contribution in [3.05, 3.63) is 108 Å². The van der Waals surface area contributed by atoms with Gasteiger partial charge in [0.2, 0.25) is 0 Å². The molecule has 0 aliphatic rings. The van der Waals surface area contributed by atoms with Crippen LogP contribution in [-0.2, 0) is 10.0 Å². The number of hydrogen-bond donors (Lipinski definition) is 1. The van der Waals surface area contributed by atoms with Crippen molar-refractivity contribution in [3.8, 4) is 28.7 Å². The monoisotopic (exact) mass is 460 g/mol. The number of anilines is 1. The van der Waals surface area contributed by atoms with E-state index < -0.39 is 10.0 Å². The van der Waals surface area contributed by atoms with Gasteiger partial charge in [0.05, 0.1) is 15.6 Å². The Balaban J connectivity index is 1.58. The lowest BCUT2D eigenvalue weighted by molar-refractivity contribution is 0.480. The van der Waals surface area contributed by atoms with Gasteiger partial charge in [-0.2, -0.15) is 5.26 Å². The van der Waals surface area contributed by atoms with Gasteiger partial charge in [-0.3, -0.25) is 4.72 Å². The Hall–Kier alpha value is -3.79. The number of nitriles is 1. The number of nitrogens with one attached hydrogen (secondary N) is 1. The Kier molecular flexibility index (Phi) is 6.13. The minimum atomic E-state index is -3.83. The van der Waals surface area contributed by atoms with Crippen molar-refractivity contribution in [2.75, 3.05) is 4.72 Å². The first-order valence-corrected chi connectivity index (χ1v) is 11.5. The summed E-state index contributed by atoms with van der Waals surface area (Å²) < 4.78 is 34.4. The fourth-order valence-electron chi connectivity index (χ4n) is 3.16. The summed E-state index contributed by atoms with van der Waals surface area (Å²) in [7, 11) is -3.83. The first-order chi connectivity index (χ1) is 15.5. The molecule has 158 valence electrons. The fraction of sp³-hybridized carbons (Fsp3) is 0. The van der Waals surface area contributed by atoms with Gasteiger partial charge in [0, 0.05) is 5.56 Å². The van der Waals surface area contributed by atoms with E-state index in [1.807, 2.05) is 48.5 Å². The van der Waals surface area contributed by atoms with Crippen LogP contribution in [0.2, 0.25) is 5.02 Å². The van der Waals surface area contributed by atoms with Crippen LogP contribution < -0.4 is 9.46 Å². The molecule has 4 aromatic carbocycles. The maximum atomic E-state index is 13.0. The molecule has 0 saturated heterocycles. The maximum Gasteiger partial charge on any atom is 0.261 e. The normalized spacial score (nSPS) is 10.9. The molecule has 0 atom stereocenters. The summed E-state index contributed by atoms with van der Waals surface area (Å²) >= 11 is 6.02. The Morgan fingerprint density at radius 3 is 2.22 bits per heavy atom. The number of hydrogen-bond acceptors (Lipinski definition) is 4. The number of benzene rings is 4. The van der Waals surface area contributed by atoms with E-state index in [1.54, 1.807) is 30.3 Å². The first-order valence-electron chi connectivity index (χ1n) is 9.62. The predicted octanol–water partition coefficient (Wildman–Crippen LogP) is 6.47. The highest BCUT2D eigenvalue weighted by Gasteiger charge is 2.17. The molecular weight excluding hydrogens is 444 g/mol. The molecule has 0 amide bonds. The highest BCUT2D eigenvalue weighted by molar-refractivity contribution is 7.92. The van der Waals surface area contributed by atoms with Crippen LogP contribution in [0.4, 0.5) is 5.69 Å². The maximum absolute atomic E-state index is 13.0. The average molecular weight is 461 g/mol. The largest absolute Gasteiger partial charge is 0.456 e. The second kappa shape index (κ2) is 9.15. The lowest BCUT2D eigenvalue weighted by Crippen LogP contribution is -2.13. The lowest BCUT2D eigenvalue weighted by Gasteiger charge is -2.13. The van der Waals surface area contributed by atoms with Crippen LogP contribution in [0.1, 0.15) is 5.56 Å². The summed E-state index contributed by atoms with van der Waals surface area (Å²) in [5.41, 5.74) is 2.38. The third-order valence-corrected chi connectivity index (χ3v) is 6.40. The summed E-state index contributed by atoms with van der Waals surface area (Å²) in [6.45, 7) is 0. The minimum Gasteiger partial charge on any atom is -0.456 e. The van der Waals surface area contributed by atoms with Crippen molar-refractivity contribution in [2.24, 2.45) is 0 Å². The Morgan fingerprint density at radius 2 is 1.50 bits per heavy atom. The quantitative estimate of drug-likeness (QED) is 0.357. The number of ether oxygens (including phenoxy) is 1. The van der Waals surface area contributed by atoms with Gasteiger partial charge >= 0.3 is 0 Å². The molecule has 0 heterocycles. The molecule has 1 N–H and O–H groups in total. The molecule has 0 fully saturated rings. The van der Waals surface area contributed by atoms with Crippen LogP contribution in [-0.4, -0.2) is 8.42 Å². The van der Waals surface area contributed by atoms with Crippen LogP contribution in [0.3, 0.4) is 0 Å². The number of sulfonamides is 1. The molecule has 0 bridgehead atoms. The van der Waals surface area contributed by atoms with E-state index in [9.17, 15) is 13.7 Å². The smallest absolute Gasteiger partial charge is 0.261 e. The van der Waals surface area contributed by atoms with Gasteiger partial charge in [-0.15, -0.1) is 0 Å². The summed E-state index contributed by atoms with van der Waals surface area (Å²) in [4.78, 5) is 0.0827. The first kappa shape index (κ1) is 21.4. The van der Waals surface area contributed by atoms with Crippen molar-refractivity contribution in [1.82, 2.24) is 0 Å². The van der Waals surface area contributed by atoms with Crippen molar-refractivity contribution in [2.45, 2.75) is 4.90 Å². The van der Waals surface area contributed by atoms with E-state index in [0.29, 0.717) is 17.2 Å². The van der Waals surface area contributed by atoms with Crippen LogP contribution in [0.5, 0.6) is 11.5 Å². The van der Waals surface area contributed by atoms with Gasteiger partial charge in [-0.25, -0.2) is 8.42 Å². The predicted molar refractivity (Wildman–Crippen MR) is 125 cm³/mol. The van der Waals surface area contributed by atoms with E-state index >= 15 is 0 Å². The molecule has 0 radical (unpaired) electrons. The Labute approximate surface area is 191 Å². The summed E-state index contributed by atoms with van der Waals surface area (Å²) in [6, 6.07) is 29.6. The molecule has 0 spiro atoms. The van der Waals surface area contributed by atoms with E-state index in [-0.39, 0.29) is 15.5 Å². The van der Waals surface area contributed by atoms with E-state index in [4.69, 9.17) is 16.3 Å². The second-order valence-electron chi connectivity index (χ2n) is 6.82. The summed E-state index contributed by atoms with van der Waals surface area (Å²) in [5.74, 6) is 0.679. The van der Waals surface area contributed by atoms with Crippen molar-refractivity contribution in [1.29, 1.82) is 5.26 Å². The van der Waals surface area contributed by atoms with Crippen molar-refractivity contribution < 1.29 is 13.2 Å². The SMILES string of the molecule is N#Cc1c(Cl)cccc1Oc1ccc(S(=O)(=O)Nc2ccccc2-c2ccccc2)cc1.